The van der Waals surface area contributed by atoms with Crippen LogP contribution in [0.2, 0.25) is 5.02 Å². The number of halogens is 1. The van der Waals surface area contributed by atoms with Crippen molar-refractivity contribution >= 4 is 17.5 Å². The Balaban J connectivity index is 1.15. The zero-order chi connectivity index (χ0) is 22.5. The number of aryl methyl sites for hydroxylation is 1. The Labute approximate surface area is 199 Å². The van der Waals surface area contributed by atoms with Crippen LogP contribution >= 0.6 is 11.6 Å². The molecule has 5 unspecified atom stereocenters. The molecule has 4 nitrogen and oxygen atoms in total. The van der Waals surface area contributed by atoms with Crippen molar-refractivity contribution in [2.24, 2.45) is 28.6 Å². The van der Waals surface area contributed by atoms with Crippen LogP contribution in [-0.4, -0.2) is 63.0 Å². The molecule has 3 bridgehead atoms. The van der Waals surface area contributed by atoms with Crippen LogP contribution < -0.4 is 5.32 Å². The SMILES string of the molecule is CN(C)CCN(C)CCCc1ccc(Cl)c(C(=O)NCC23CC4CC5CC(C2)C5(C4)C3)c1. The quantitative estimate of drug-likeness (QED) is 0.552. The van der Waals surface area contributed by atoms with Gasteiger partial charge in [-0.05, 0) is 125 Å². The number of nitrogens with zero attached hydrogens (tertiary/aromatic N) is 2. The van der Waals surface area contributed by atoms with E-state index >= 15 is 0 Å². The molecule has 5 rings (SSSR count). The molecule has 5 heteroatoms. The molecule has 32 heavy (non-hydrogen) atoms. The second kappa shape index (κ2) is 8.60. The highest BCUT2D eigenvalue weighted by Crippen LogP contribution is 2.78. The van der Waals surface area contributed by atoms with E-state index in [9.17, 15) is 4.79 Å². The molecule has 1 amide bonds. The Morgan fingerprint density at radius 3 is 2.75 bits per heavy atom. The molecule has 1 N–H and O–H groups in total. The first-order valence-corrected chi connectivity index (χ1v) is 13.1. The maximum atomic E-state index is 13.1. The molecule has 1 spiro atoms. The van der Waals surface area contributed by atoms with Crippen molar-refractivity contribution in [3.63, 3.8) is 0 Å². The topological polar surface area (TPSA) is 35.6 Å². The first-order valence-electron chi connectivity index (χ1n) is 12.7. The Morgan fingerprint density at radius 2 is 1.94 bits per heavy atom. The Kier molecular flexibility index (Phi) is 6.09. The van der Waals surface area contributed by atoms with Crippen LogP contribution in [0.1, 0.15) is 60.9 Å². The van der Waals surface area contributed by atoms with Gasteiger partial charge in [-0.25, -0.2) is 0 Å². The summed E-state index contributed by atoms with van der Waals surface area (Å²) >= 11 is 6.46. The van der Waals surface area contributed by atoms with Gasteiger partial charge in [0.25, 0.3) is 5.91 Å². The van der Waals surface area contributed by atoms with Crippen molar-refractivity contribution in [2.75, 3.05) is 47.3 Å². The van der Waals surface area contributed by atoms with Crippen LogP contribution in [0.15, 0.2) is 18.2 Å². The van der Waals surface area contributed by atoms with Crippen molar-refractivity contribution in [1.29, 1.82) is 0 Å². The molecule has 4 aliphatic carbocycles. The monoisotopic (exact) mass is 457 g/mol. The molecule has 0 aromatic heterocycles. The van der Waals surface area contributed by atoms with Gasteiger partial charge in [0.05, 0.1) is 10.6 Å². The van der Waals surface area contributed by atoms with Crippen LogP contribution in [0, 0.1) is 28.6 Å². The van der Waals surface area contributed by atoms with Gasteiger partial charge >= 0.3 is 0 Å². The summed E-state index contributed by atoms with van der Waals surface area (Å²) in [5, 5.41) is 3.90. The van der Waals surface area contributed by atoms with E-state index in [1.54, 1.807) is 0 Å². The van der Waals surface area contributed by atoms with Crippen LogP contribution in [0.25, 0.3) is 0 Å². The molecule has 176 valence electrons. The van der Waals surface area contributed by atoms with E-state index in [2.05, 4.69) is 42.3 Å². The summed E-state index contributed by atoms with van der Waals surface area (Å²) in [4.78, 5) is 17.7. The number of likely N-dealkylation sites (N-methyl/N-ethyl adjacent to an activating group) is 2. The third kappa shape index (κ3) is 4.12. The predicted octanol–water partition coefficient (Wildman–Crippen LogP) is 4.71. The zero-order valence-electron chi connectivity index (χ0n) is 20.1. The minimum atomic E-state index is 0.0144. The number of hydrogen-bond acceptors (Lipinski definition) is 3. The Hall–Kier alpha value is -1.10. The van der Waals surface area contributed by atoms with Crippen LogP contribution in [0.4, 0.5) is 0 Å². The third-order valence-electron chi connectivity index (χ3n) is 9.42. The molecule has 1 aromatic rings. The van der Waals surface area contributed by atoms with Gasteiger partial charge in [0.2, 0.25) is 0 Å². The summed E-state index contributed by atoms with van der Waals surface area (Å²) in [7, 11) is 6.40. The second-order valence-electron chi connectivity index (χ2n) is 12.0. The van der Waals surface area contributed by atoms with Crippen molar-refractivity contribution < 1.29 is 4.79 Å². The molecule has 1 aromatic carbocycles. The number of fused-ring (bicyclic) bond motifs is 2. The van der Waals surface area contributed by atoms with Gasteiger partial charge in [-0.3, -0.25) is 4.79 Å². The molecule has 5 atom stereocenters. The molecule has 0 heterocycles. The normalized spacial score (nSPS) is 34.2. The van der Waals surface area contributed by atoms with Gasteiger partial charge in [-0.2, -0.15) is 0 Å². The van der Waals surface area contributed by atoms with Gasteiger partial charge in [0, 0.05) is 19.6 Å². The van der Waals surface area contributed by atoms with Crippen molar-refractivity contribution in [1.82, 2.24) is 15.1 Å². The highest BCUT2D eigenvalue weighted by Gasteiger charge is 2.70. The zero-order valence-corrected chi connectivity index (χ0v) is 20.9. The lowest BCUT2D eigenvalue weighted by atomic mass is 9.55. The van der Waals surface area contributed by atoms with Crippen molar-refractivity contribution in [3.05, 3.63) is 34.3 Å². The molecule has 4 aliphatic rings. The van der Waals surface area contributed by atoms with E-state index < -0.39 is 0 Å². The fourth-order valence-corrected chi connectivity index (χ4v) is 8.25. The fourth-order valence-electron chi connectivity index (χ4n) is 8.04. The smallest absolute Gasteiger partial charge is 0.252 e. The number of nitrogens with one attached hydrogen (secondary N) is 1. The standard InChI is InChI=1S/C27H40ClN3O/c1-30(2)9-10-31(3)8-4-5-19-6-7-24(28)23(12-19)25(32)29-18-26-14-20-11-21-13-22(16-26)27(21,15-20)17-26/h6-7,12,20-22H,4-5,8-11,13-18H2,1-3H3,(H,29,32). The van der Waals surface area contributed by atoms with E-state index in [1.165, 1.54) is 44.1 Å². The first-order chi connectivity index (χ1) is 15.3. The lowest BCUT2D eigenvalue weighted by Gasteiger charge is -2.49. The molecule has 0 radical (unpaired) electrons. The average Bonchev–Trinajstić information content (AvgIpc) is 3.06. The van der Waals surface area contributed by atoms with Gasteiger partial charge in [-0.1, -0.05) is 17.7 Å². The molecule has 0 saturated heterocycles. The number of carbonyl (C=O) groups is 1. The molecule has 4 fully saturated rings. The van der Waals surface area contributed by atoms with Crippen LogP contribution in [0.5, 0.6) is 0 Å². The number of carbonyl (C=O) groups excluding carboxylic acids is 1. The van der Waals surface area contributed by atoms with E-state index in [1.807, 2.05) is 12.1 Å². The highest BCUT2D eigenvalue weighted by molar-refractivity contribution is 6.33. The Bertz CT molecular complexity index is 868. The summed E-state index contributed by atoms with van der Waals surface area (Å²) in [6.45, 7) is 4.05. The lowest BCUT2D eigenvalue weighted by molar-refractivity contribution is -0.00253. The highest BCUT2D eigenvalue weighted by atomic mass is 35.5. The molecule has 0 aliphatic heterocycles. The van der Waals surface area contributed by atoms with E-state index in [0.717, 1.165) is 56.8 Å². The summed E-state index contributed by atoms with van der Waals surface area (Å²) in [5.41, 5.74) is 2.88. The summed E-state index contributed by atoms with van der Waals surface area (Å²) in [6.07, 6.45) is 10.5. The number of amides is 1. The number of rotatable bonds is 10. The van der Waals surface area contributed by atoms with Crippen molar-refractivity contribution in [2.45, 2.75) is 51.4 Å². The molecule has 4 saturated carbocycles. The number of hydrogen-bond donors (Lipinski definition) is 1. The maximum Gasteiger partial charge on any atom is 0.252 e. The minimum absolute atomic E-state index is 0.0144. The Morgan fingerprint density at radius 1 is 1.09 bits per heavy atom. The minimum Gasteiger partial charge on any atom is -0.351 e. The predicted molar refractivity (Wildman–Crippen MR) is 131 cm³/mol. The van der Waals surface area contributed by atoms with Gasteiger partial charge in [0.15, 0.2) is 0 Å². The van der Waals surface area contributed by atoms with Crippen LogP contribution in [-0.2, 0) is 6.42 Å². The van der Waals surface area contributed by atoms with E-state index in [-0.39, 0.29) is 5.91 Å². The lowest BCUT2D eigenvalue weighted by Crippen LogP contribution is -2.43. The number of benzene rings is 1. The summed E-state index contributed by atoms with van der Waals surface area (Å²) in [6, 6.07) is 6.00. The first kappa shape index (κ1) is 22.7. The van der Waals surface area contributed by atoms with Crippen molar-refractivity contribution in [3.8, 4) is 0 Å². The third-order valence-corrected chi connectivity index (χ3v) is 9.75. The fraction of sp³-hybridized carbons (Fsp3) is 0.741. The maximum absolute atomic E-state index is 13.1. The van der Waals surface area contributed by atoms with Gasteiger partial charge in [0.1, 0.15) is 0 Å². The van der Waals surface area contributed by atoms with E-state index in [4.69, 9.17) is 11.6 Å². The van der Waals surface area contributed by atoms with Crippen LogP contribution in [0.3, 0.4) is 0 Å². The molecular formula is C27H40ClN3O. The largest absolute Gasteiger partial charge is 0.351 e. The van der Waals surface area contributed by atoms with E-state index in [0.29, 0.717) is 21.4 Å². The molecular weight excluding hydrogens is 418 g/mol. The van der Waals surface area contributed by atoms with Gasteiger partial charge < -0.3 is 15.1 Å². The second-order valence-corrected chi connectivity index (χ2v) is 12.4. The van der Waals surface area contributed by atoms with Gasteiger partial charge in [-0.15, -0.1) is 0 Å². The average molecular weight is 458 g/mol. The summed E-state index contributed by atoms with van der Waals surface area (Å²) in [5.74, 6) is 2.88. The summed E-state index contributed by atoms with van der Waals surface area (Å²) < 4.78 is 0.